The van der Waals surface area contributed by atoms with Gasteiger partial charge in [0.15, 0.2) is 0 Å². The first-order valence-corrected chi connectivity index (χ1v) is 13.9. The average molecular weight is 497 g/mol. The molecule has 0 aliphatic rings. The van der Waals surface area contributed by atoms with Crippen LogP contribution in [0, 0.1) is 0 Å². The standard InChI is InChI=1S/C31H30O2P2/c1-31(2,3)29-14-8-13-26(21-34-32-27-17-15-22-9-4-6-11-24(22)19-27)30(29)35-33-28-18-16-23-10-5-7-12-25(23)20-28/h4-20,34-35H,21H2,1-3H3. The van der Waals surface area contributed by atoms with Crippen LogP contribution in [0.2, 0.25) is 0 Å². The summed E-state index contributed by atoms with van der Waals surface area (Å²) in [6.45, 7) is 6.80. The number of hydrogen-bond acceptors (Lipinski definition) is 2. The molecule has 0 heterocycles. The van der Waals surface area contributed by atoms with Crippen LogP contribution in [-0.2, 0) is 11.6 Å². The Labute approximate surface area is 211 Å². The molecule has 0 spiro atoms. The van der Waals surface area contributed by atoms with Crippen molar-refractivity contribution in [3.63, 3.8) is 0 Å². The van der Waals surface area contributed by atoms with Gasteiger partial charge in [0, 0.05) is 11.5 Å². The van der Waals surface area contributed by atoms with Gasteiger partial charge in [-0.1, -0.05) is 99.6 Å². The summed E-state index contributed by atoms with van der Waals surface area (Å²) in [4.78, 5) is 0. The molecule has 176 valence electrons. The van der Waals surface area contributed by atoms with Crippen LogP contribution >= 0.6 is 17.6 Å². The molecule has 35 heavy (non-hydrogen) atoms. The fourth-order valence-corrected chi connectivity index (χ4v) is 6.47. The highest BCUT2D eigenvalue weighted by Crippen LogP contribution is 2.33. The van der Waals surface area contributed by atoms with Crippen LogP contribution in [0.5, 0.6) is 11.5 Å². The molecule has 0 radical (unpaired) electrons. The van der Waals surface area contributed by atoms with E-state index in [4.69, 9.17) is 9.05 Å². The van der Waals surface area contributed by atoms with Crippen molar-refractivity contribution in [2.45, 2.75) is 32.3 Å². The molecule has 2 nitrogen and oxygen atoms in total. The third-order valence-electron chi connectivity index (χ3n) is 6.12. The van der Waals surface area contributed by atoms with Crippen molar-refractivity contribution < 1.29 is 9.05 Å². The zero-order valence-corrected chi connectivity index (χ0v) is 22.3. The van der Waals surface area contributed by atoms with E-state index in [-0.39, 0.29) is 14.2 Å². The summed E-state index contributed by atoms with van der Waals surface area (Å²) in [6.07, 6.45) is 0.861. The van der Waals surface area contributed by atoms with E-state index in [0.717, 1.165) is 17.7 Å². The normalized spacial score (nSPS) is 12.3. The van der Waals surface area contributed by atoms with Gasteiger partial charge in [-0.25, -0.2) is 0 Å². The molecule has 5 aromatic carbocycles. The molecule has 0 N–H and O–H groups in total. The van der Waals surface area contributed by atoms with Gasteiger partial charge in [0.25, 0.3) is 0 Å². The van der Waals surface area contributed by atoms with Gasteiger partial charge in [0.1, 0.15) is 20.3 Å². The first-order valence-electron chi connectivity index (χ1n) is 11.9. The highest BCUT2D eigenvalue weighted by molar-refractivity contribution is 7.43. The van der Waals surface area contributed by atoms with E-state index in [2.05, 4.69) is 124 Å². The number of fused-ring (bicyclic) bond motifs is 2. The van der Waals surface area contributed by atoms with Crippen molar-refractivity contribution in [2.75, 3.05) is 0 Å². The van der Waals surface area contributed by atoms with Crippen LogP contribution < -0.4 is 14.4 Å². The molecular formula is C31H30O2P2. The number of hydrogen-bond donors (Lipinski definition) is 0. The van der Waals surface area contributed by atoms with Crippen molar-refractivity contribution in [3.8, 4) is 11.5 Å². The van der Waals surface area contributed by atoms with Gasteiger partial charge in [0.05, 0.1) is 8.81 Å². The first kappa shape index (κ1) is 23.8. The number of rotatable bonds is 7. The van der Waals surface area contributed by atoms with E-state index in [1.165, 1.54) is 38.0 Å². The van der Waals surface area contributed by atoms with E-state index in [1.807, 2.05) is 0 Å². The molecule has 5 rings (SSSR count). The van der Waals surface area contributed by atoms with Gasteiger partial charge < -0.3 is 9.05 Å². The molecule has 0 saturated carbocycles. The van der Waals surface area contributed by atoms with Crippen LogP contribution in [0.4, 0.5) is 0 Å². The van der Waals surface area contributed by atoms with E-state index >= 15 is 0 Å². The lowest BCUT2D eigenvalue weighted by Gasteiger charge is -2.25. The molecule has 0 saturated heterocycles. The highest BCUT2D eigenvalue weighted by atomic mass is 31.1. The lowest BCUT2D eigenvalue weighted by molar-refractivity contribution is 0.591. The Balaban J connectivity index is 1.34. The zero-order chi connectivity index (χ0) is 24.3. The van der Waals surface area contributed by atoms with Crippen molar-refractivity contribution in [1.82, 2.24) is 0 Å². The molecule has 0 aliphatic heterocycles. The smallest absolute Gasteiger partial charge is 0.124 e. The van der Waals surface area contributed by atoms with Crippen molar-refractivity contribution >= 4 is 44.5 Å². The minimum Gasteiger partial charge on any atom is -0.477 e. The Morgan fingerprint density at radius 3 is 1.77 bits per heavy atom. The second-order valence-corrected chi connectivity index (χ2v) is 11.5. The minimum absolute atomic E-state index is 0.0351. The van der Waals surface area contributed by atoms with Crippen molar-refractivity contribution in [2.24, 2.45) is 0 Å². The zero-order valence-electron chi connectivity index (χ0n) is 20.3. The van der Waals surface area contributed by atoms with Crippen molar-refractivity contribution in [1.29, 1.82) is 0 Å². The lowest BCUT2D eigenvalue weighted by Crippen LogP contribution is -2.23. The monoisotopic (exact) mass is 496 g/mol. The van der Waals surface area contributed by atoms with E-state index in [9.17, 15) is 0 Å². The fourth-order valence-electron chi connectivity index (χ4n) is 4.26. The molecular weight excluding hydrogens is 466 g/mol. The van der Waals surface area contributed by atoms with Gasteiger partial charge in [-0.05, 0) is 62.4 Å². The van der Waals surface area contributed by atoms with E-state index < -0.39 is 0 Å². The van der Waals surface area contributed by atoms with Crippen LogP contribution in [-0.4, -0.2) is 0 Å². The van der Waals surface area contributed by atoms with E-state index in [0.29, 0.717) is 8.81 Å². The maximum absolute atomic E-state index is 6.38. The molecule has 0 bridgehead atoms. The molecule has 0 amide bonds. The largest absolute Gasteiger partial charge is 0.477 e. The maximum atomic E-state index is 6.38. The summed E-state index contributed by atoms with van der Waals surface area (Å²) in [7, 11) is 0.579. The van der Waals surface area contributed by atoms with Gasteiger partial charge in [-0.3, -0.25) is 0 Å². The predicted molar refractivity (Wildman–Crippen MR) is 154 cm³/mol. The topological polar surface area (TPSA) is 18.5 Å². The van der Waals surface area contributed by atoms with Crippen LogP contribution in [0.25, 0.3) is 21.5 Å². The van der Waals surface area contributed by atoms with Gasteiger partial charge in [-0.15, -0.1) is 0 Å². The summed E-state index contributed by atoms with van der Waals surface area (Å²) in [5, 5.41) is 6.16. The Morgan fingerprint density at radius 1 is 0.600 bits per heavy atom. The quantitative estimate of drug-likeness (QED) is 0.210. The molecule has 4 heteroatoms. The van der Waals surface area contributed by atoms with Gasteiger partial charge in [-0.2, -0.15) is 0 Å². The van der Waals surface area contributed by atoms with Gasteiger partial charge in [0.2, 0.25) is 0 Å². The van der Waals surface area contributed by atoms with Gasteiger partial charge >= 0.3 is 0 Å². The number of benzene rings is 5. The Morgan fingerprint density at radius 2 is 1.17 bits per heavy atom. The molecule has 0 fully saturated rings. The second kappa shape index (κ2) is 10.4. The third-order valence-corrected chi connectivity index (χ3v) is 8.16. The predicted octanol–water partition coefficient (Wildman–Crippen LogP) is 8.76. The SMILES string of the molecule is CC(C)(C)c1cccc(CPOc2ccc3ccccc3c2)c1POc1ccc2ccccc2c1. The summed E-state index contributed by atoms with van der Waals surface area (Å²) in [5.41, 5.74) is 2.67. The summed E-state index contributed by atoms with van der Waals surface area (Å²) >= 11 is 0. The fraction of sp³-hybridized carbons (Fsp3) is 0.161. The highest BCUT2D eigenvalue weighted by Gasteiger charge is 2.21. The molecule has 2 unspecified atom stereocenters. The van der Waals surface area contributed by atoms with Crippen molar-refractivity contribution in [3.05, 3.63) is 114 Å². The molecule has 0 aliphatic carbocycles. The third kappa shape index (κ3) is 5.67. The summed E-state index contributed by atoms with van der Waals surface area (Å²) in [6, 6.07) is 36.0. The van der Waals surface area contributed by atoms with Crippen LogP contribution in [0.1, 0.15) is 31.9 Å². The minimum atomic E-state index is 0.0351. The first-order chi connectivity index (χ1) is 17.0. The Kier molecular flexibility index (Phi) is 7.05. The Bertz CT molecular complexity index is 1470. The van der Waals surface area contributed by atoms with E-state index in [1.54, 1.807) is 0 Å². The lowest BCUT2D eigenvalue weighted by atomic mass is 9.86. The maximum Gasteiger partial charge on any atom is 0.124 e. The van der Waals surface area contributed by atoms with Crippen LogP contribution in [0.3, 0.4) is 0 Å². The van der Waals surface area contributed by atoms with Crippen LogP contribution in [0.15, 0.2) is 103 Å². The average Bonchev–Trinajstić information content (AvgIpc) is 2.87. The Hall–Kier alpha value is -2.92. The summed E-state index contributed by atoms with van der Waals surface area (Å²) in [5.74, 6) is 1.83. The molecule has 5 aromatic rings. The second-order valence-electron chi connectivity index (χ2n) is 9.73. The molecule has 2 atom stereocenters. The molecule has 0 aromatic heterocycles. The summed E-state index contributed by atoms with van der Waals surface area (Å²) < 4.78 is 12.6.